The lowest BCUT2D eigenvalue weighted by Crippen LogP contribution is -2.29. The molecular weight excluding hydrogens is 218 g/mol. The second-order valence-electron chi connectivity index (χ2n) is 4.43. The molecule has 1 aromatic rings. The highest BCUT2D eigenvalue weighted by atomic mass is 16.5. The van der Waals surface area contributed by atoms with Crippen LogP contribution in [0.4, 0.5) is 0 Å². The Balaban J connectivity index is 1.84. The van der Waals surface area contributed by atoms with Crippen LogP contribution in [-0.2, 0) is 24.2 Å². The minimum atomic E-state index is 0.774. The van der Waals surface area contributed by atoms with Crippen molar-refractivity contribution in [2.45, 2.75) is 19.5 Å². The summed E-state index contributed by atoms with van der Waals surface area (Å²) in [4.78, 5) is 2.25. The van der Waals surface area contributed by atoms with Crippen molar-refractivity contribution in [2.24, 2.45) is 0 Å². The summed E-state index contributed by atoms with van der Waals surface area (Å²) in [6.07, 6.45) is 1.03. The number of aromatic nitrogens is 3. The second kappa shape index (κ2) is 6.09. The normalized spacial score (nSPS) is 15.2. The predicted molar refractivity (Wildman–Crippen MR) is 64.8 cm³/mol. The van der Waals surface area contributed by atoms with Crippen molar-refractivity contribution in [1.82, 2.24) is 25.2 Å². The molecule has 2 rings (SSSR count). The van der Waals surface area contributed by atoms with Crippen LogP contribution >= 0.6 is 0 Å². The molecule has 0 aromatic carbocycles. The van der Waals surface area contributed by atoms with E-state index in [1.54, 1.807) is 7.11 Å². The highest BCUT2D eigenvalue weighted by Gasteiger charge is 2.16. The van der Waals surface area contributed by atoms with Gasteiger partial charge in [-0.15, -0.1) is 5.10 Å². The van der Waals surface area contributed by atoms with Gasteiger partial charge >= 0.3 is 0 Å². The van der Waals surface area contributed by atoms with Crippen LogP contribution in [0.3, 0.4) is 0 Å². The van der Waals surface area contributed by atoms with Gasteiger partial charge in [-0.05, 0) is 7.05 Å². The lowest BCUT2D eigenvalue weighted by atomic mass is 10.2. The largest absolute Gasteiger partial charge is 0.383 e. The van der Waals surface area contributed by atoms with E-state index >= 15 is 0 Å². The lowest BCUT2D eigenvalue weighted by molar-refractivity contribution is 0.158. The average molecular weight is 239 g/mol. The molecule has 0 bridgehead atoms. The Bertz CT molecular complexity index is 352. The zero-order chi connectivity index (χ0) is 12.1. The van der Waals surface area contributed by atoms with E-state index in [4.69, 9.17) is 4.74 Å². The predicted octanol–water partition coefficient (Wildman–Crippen LogP) is -0.498. The number of nitrogens with one attached hydrogen (secondary N) is 1. The molecule has 0 radical (unpaired) electrons. The van der Waals surface area contributed by atoms with Crippen LogP contribution in [-0.4, -0.2) is 60.3 Å². The SMILES string of the molecule is COCCN(C)CCn1nnc2c1CCNC2. The summed E-state index contributed by atoms with van der Waals surface area (Å²) in [5.41, 5.74) is 2.40. The molecule has 0 saturated carbocycles. The van der Waals surface area contributed by atoms with Crippen molar-refractivity contribution in [3.63, 3.8) is 0 Å². The quantitative estimate of drug-likeness (QED) is 0.725. The van der Waals surface area contributed by atoms with Crippen molar-refractivity contribution in [3.8, 4) is 0 Å². The summed E-state index contributed by atoms with van der Waals surface area (Å²) in [6, 6.07) is 0. The summed E-state index contributed by atoms with van der Waals surface area (Å²) >= 11 is 0. The van der Waals surface area contributed by atoms with Crippen LogP contribution in [0.15, 0.2) is 0 Å². The fraction of sp³-hybridized carbons (Fsp3) is 0.818. The lowest BCUT2D eigenvalue weighted by Gasteiger charge is -2.17. The number of hydrogen-bond donors (Lipinski definition) is 1. The van der Waals surface area contributed by atoms with Gasteiger partial charge in [0.1, 0.15) is 0 Å². The van der Waals surface area contributed by atoms with Gasteiger partial charge in [0.2, 0.25) is 0 Å². The molecule has 96 valence electrons. The van der Waals surface area contributed by atoms with Gasteiger partial charge in [-0.2, -0.15) is 0 Å². The third-order valence-electron chi connectivity index (χ3n) is 3.12. The molecular formula is C11H21N5O. The second-order valence-corrected chi connectivity index (χ2v) is 4.43. The standard InChI is InChI=1S/C11H21N5O/c1-15(7-8-17-2)5-6-16-11-3-4-12-9-10(11)13-14-16/h12H,3-9H2,1-2H3. The van der Waals surface area contributed by atoms with Crippen LogP contribution in [0, 0.1) is 0 Å². The van der Waals surface area contributed by atoms with E-state index in [0.29, 0.717) is 0 Å². The van der Waals surface area contributed by atoms with Crippen LogP contribution < -0.4 is 5.32 Å². The maximum Gasteiger partial charge on any atom is 0.0997 e. The maximum atomic E-state index is 5.06. The first-order valence-corrected chi connectivity index (χ1v) is 6.10. The van der Waals surface area contributed by atoms with E-state index < -0.39 is 0 Å². The smallest absolute Gasteiger partial charge is 0.0997 e. The van der Waals surface area contributed by atoms with Gasteiger partial charge in [0.15, 0.2) is 0 Å². The topological polar surface area (TPSA) is 55.2 Å². The van der Waals surface area contributed by atoms with Crippen LogP contribution in [0.2, 0.25) is 0 Å². The summed E-state index contributed by atoms with van der Waals surface area (Å²) in [5.74, 6) is 0. The van der Waals surface area contributed by atoms with E-state index in [1.165, 1.54) is 5.69 Å². The molecule has 17 heavy (non-hydrogen) atoms. The number of rotatable bonds is 6. The number of hydrogen-bond acceptors (Lipinski definition) is 5. The summed E-state index contributed by atoms with van der Waals surface area (Å²) in [7, 11) is 3.83. The molecule has 6 nitrogen and oxygen atoms in total. The number of ether oxygens (including phenoxy) is 1. The molecule has 2 heterocycles. The number of fused-ring (bicyclic) bond motifs is 1. The molecule has 1 aliphatic heterocycles. The van der Waals surface area contributed by atoms with Crippen molar-refractivity contribution >= 4 is 0 Å². The van der Waals surface area contributed by atoms with Crippen molar-refractivity contribution in [1.29, 1.82) is 0 Å². The molecule has 0 fully saturated rings. The van der Waals surface area contributed by atoms with Crippen molar-refractivity contribution in [3.05, 3.63) is 11.4 Å². The Hall–Kier alpha value is -0.980. The zero-order valence-electron chi connectivity index (χ0n) is 10.6. The molecule has 0 spiro atoms. The molecule has 0 aliphatic carbocycles. The molecule has 1 aromatic heterocycles. The maximum absolute atomic E-state index is 5.06. The van der Waals surface area contributed by atoms with Crippen LogP contribution in [0.1, 0.15) is 11.4 Å². The first-order valence-electron chi connectivity index (χ1n) is 6.10. The summed E-state index contributed by atoms with van der Waals surface area (Å²) < 4.78 is 7.10. The number of likely N-dealkylation sites (N-methyl/N-ethyl adjacent to an activating group) is 1. The molecule has 0 saturated heterocycles. The van der Waals surface area contributed by atoms with Gasteiger partial charge in [-0.1, -0.05) is 5.21 Å². The van der Waals surface area contributed by atoms with Gasteiger partial charge in [-0.3, -0.25) is 0 Å². The van der Waals surface area contributed by atoms with Gasteiger partial charge in [0.25, 0.3) is 0 Å². The molecule has 0 atom stereocenters. The highest BCUT2D eigenvalue weighted by molar-refractivity contribution is 5.13. The summed E-state index contributed by atoms with van der Waals surface area (Å²) in [5, 5.41) is 11.7. The van der Waals surface area contributed by atoms with Gasteiger partial charge in [-0.25, -0.2) is 4.68 Å². The molecule has 0 unspecified atom stereocenters. The van der Waals surface area contributed by atoms with Crippen molar-refractivity contribution in [2.75, 3.05) is 40.4 Å². The first-order chi connectivity index (χ1) is 8.31. The average Bonchev–Trinajstić information content (AvgIpc) is 2.77. The minimum Gasteiger partial charge on any atom is -0.383 e. The van der Waals surface area contributed by atoms with Crippen LogP contribution in [0.25, 0.3) is 0 Å². The van der Waals surface area contributed by atoms with Gasteiger partial charge in [0.05, 0.1) is 24.5 Å². The van der Waals surface area contributed by atoms with E-state index in [-0.39, 0.29) is 0 Å². The number of methoxy groups -OCH3 is 1. The molecule has 6 heteroatoms. The molecule has 0 amide bonds. The third-order valence-corrected chi connectivity index (χ3v) is 3.12. The Labute approximate surface area is 102 Å². The van der Waals surface area contributed by atoms with Crippen LogP contribution in [0.5, 0.6) is 0 Å². The van der Waals surface area contributed by atoms with E-state index in [0.717, 1.165) is 51.4 Å². The zero-order valence-corrected chi connectivity index (χ0v) is 10.6. The summed E-state index contributed by atoms with van der Waals surface area (Å²) in [6.45, 7) is 5.49. The minimum absolute atomic E-state index is 0.774. The third kappa shape index (κ3) is 3.24. The Kier molecular flexibility index (Phi) is 4.47. The van der Waals surface area contributed by atoms with Gasteiger partial charge < -0.3 is 15.0 Å². The van der Waals surface area contributed by atoms with Gasteiger partial charge in [0, 0.05) is 39.7 Å². The van der Waals surface area contributed by atoms with Crippen molar-refractivity contribution < 1.29 is 4.74 Å². The number of nitrogens with zero attached hydrogens (tertiary/aromatic N) is 4. The monoisotopic (exact) mass is 239 g/mol. The van der Waals surface area contributed by atoms with E-state index in [1.807, 2.05) is 4.68 Å². The molecule has 1 N–H and O–H groups in total. The van der Waals surface area contributed by atoms with E-state index in [2.05, 4.69) is 27.6 Å². The Morgan fingerprint density at radius 2 is 2.35 bits per heavy atom. The fourth-order valence-electron chi connectivity index (χ4n) is 2.00. The fourth-order valence-corrected chi connectivity index (χ4v) is 2.00. The Morgan fingerprint density at radius 3 is 3.18 bits per heavy atom. The Morgan fingerprint density at radius 1 is 1.47 bits per heavy atom. The van der Waals surface area contributed by atoms with E-state index in [9.17, 15) is 0 Å². The molecule has 1 aliphatic rings. The highest BCUT2D eigenvalue weighted by Crippen LogP contribution is 2.09. The first kappa shape index (κ1) is 12.5.